The predicted molar refractivity (Wildman–Crippen MR) is 70.2 cm³/mol. The fourth-order valence-corrected chi connectivity index (χ4v) is 2.14. The van der Waals surface area contributed by atoms with Crippen molar-refractivity contribution < 1.29 is 5.11 Å². The average Bonchev–Trinajstić information content (AvgIpc) is 2.42. The summed E-state index contributed by atoms with van der Waals surface area (Å²) >= 11 is 6.20. The summed E-state index contributed by atoms with van der Waals surface area (Å²) in [5.74, 6) is 0. The van der Waals surface area contributed by atoms with E-state index in [9.17, 15) is 5.11 Å². The van der Waals surface area contributed by atoms with Crippen molar-refractivity contribution >= 4 is 11.6 Å². The van der Waals surface area contributed by atoms with Crippen LogP contribution < -0.4 is 0 Å². The average molecular weight is 260 g/mol. The van der Waals surface area contributed by atoms with E-state index in [1.165, 1.54) is 0 Å². The molecule has 0 bridgehead atoms. The zero-order valence-corrected chi connectivity index (χ0v) is 12.0. The molecule has 4 nitrogen and oxygen atoms in total. The van der Waals surface area contributed by atoms with Crippen LogP contribution in [0.25, 0.3) is 0 Å². The molecule has 0 saturated carbocycles. The van der Waals surface area contributed by atoms with Crippen molar-refractivity contribution in [1.82, 2.24) is 14.7 Å². The van der Waals surface area contributed by atoms with Crippen LogP contribution >= 0.6 is 11.6 Å². The monoisotopic (exact) mass is 259 g/mol. The molecule has 1 rings (SSSR count). The Kier molecular flexibility index (Phi) is 4.58. The second kappa shape index (κ2) is 5.38. The normalized spacial score (nSPS) is 12.5. The van der Waals surface area contributed by atoms with Crippen LogP contribution in [0.3, 0.4) is 0 Å². The van der Waals surface area contributed by atoms with E-state index in [1.54, 1.807) is 4.68 Å². The summed E-state index contributed by atoms with van der Waals surface area (Å²) in [6, 6.07) is 0. The van der Waals surface area contributed by atoms with Gasteiger partial charge in [0.25, 0.3) is 0 Å². The largest absolute Gasteiger partial charge is 0.389 e. The van der Waals surface area contributed by atoms with Crippen LogP contribution in [0.5, 0.6) is 0 Å². The van der Waals surface area contributed by atoms with Crippen molar-refractivity contribution in [3.8, 4) is 0 Å². The fraction of sp³-hybridized carbons (Fsp3) is 0.750. The highest BCUT2D eigenvalue weighted by Crippen LogP contribution is 2.21. The van der Waals surface area contributed by atoms with Gasteiger partial charge in [-0.2, -0.15) is 5.10 Å². The summed E-state index contributed by atoms with van der Waals surface area (Å²) < 4.78 is 1.68. The van der Waals surface area contributed by atoms with Crippen molar-refractivity contribution in [3.63, 3.8) is 0 Å². The number of halogens is 1. The van der Waals surface area contributed by atoms with E-state index < -0.39 is 5.60 Å². The van der Waals surface area contributed by atoms with E-state index in [0.717, 1.165) is 24.3 Å². The molecule has 0 amide bonds. The molecule has 0 aromatic carbocycles. The van der Waals surface area contributed by atoms with Crippen molar-refractivity contribution in [3.05, 3.63) is 16.4 Å². The number of aliphatic hydroxyl groups is 1. The molecule has 0 unspecified atom stereocenters. The second-order valence-electron chi connectivity index (χ2n) is 5.09. The highest BCUT2D eigenvalue weighted by atomic mass is 35.5. The molecule has 0 aliphatic rings. The molecule has 5 heteroatoms. The second-order valence-corrected chi connectivity index (χ2v) is 5.45. The van der Waals surface area contributed by atoms with Crippen molar-refractivity contribution in [1.29, 1.82) is 0 Å². The molecule has 98 valence electrons. The van der Waals surface area contributed by atoms with Gasteiger partial charge < -0.3 is 5.11 Å². The summed E-state index contributed by atoms with van der Waals surface area (Å²) in [6.07, 6.45) is 0. The molecular weight excluding hydrogens is 238 g/mol. The Balaban J connectivity index is 2.81. The number of rotatable bonds is 5. The van der Waals surface area contributed by atoms with Crippen molar-refractivity contribution in [2.45, 2.75) is 39.8 Å². The topological polar surface area (TPSA) is 41.3 Å². The molecular formula is C12H22ClN3O. The number of aryl methyl sites for hydroxylation is 2. The fourth-order valence-electron chi connectivity index (χ4n) is 1.90. The molecule has 1 aromatic heterocycles. The van der Waals surface area contributed by atoms with E-state index in [2.05, 4.69) is 16.9 Å². The minimum Gasteiger partial charge on any atom is -0.389 e. The molecule has 0 radical (unpaired) electrons. The van der Waals surface area contributed by atoms with E-state index in [-0.39, 0.29) is 0 Å². The van der Waals surface area contributed by atoms with E-state index >= 15 is 0 Å². The highest BCUT2D eigenvalue weighted by molar-refractivity contribution is 6.30. The Hall–Kier alpha value is -0.580. The molecule has 0 atom stereocenters. The van der Waals surface area contributed by atoms with Gasteiger partial charge in [-0.15, -0.1) is 0 Å². The van der Waals surface area contributed by atoms with Crippen LogP contribution in [0, 0.1) is 6.92 Å². The molecule has 0 saturated heterocycles. The van der Waals surface area contributed by atoms with Gasteiger partial charge in [0.15, 0.2) is 0 Å². The lowest BCUT2D eigenvalue weighted by molar-refractivity contribution is 0.0353. The SMILES string of the molecule is CCN(Cc1c(C)nn(C)c1Cl)CC(C)(C)O. The number of aromatic nitrogens is 2. The lowest BCUT2D eigenvalue weighted by atomic mass is 10.1. The summed E-state index contributed by atoms with van der Waals surface area (Å²) in [5.41, 5.74) is 1.30. The molecule has 1 N–H and O–H groups in total. The molecule has 1 heterocycles. The van der Waals surface area contributed by atoms with Crippen LogP contribution in [0.15, 0.2) is 0 Å². The van der Waals surface area contributed by atoms with Crippen molar-refractivity contribution in [2.24, 2.45) is 7.05 Å². The third-order valence-corrected chi connectivity index (χ3v) is 3.18. The lowest BCUT2D eigenvalue weighted by Gasteiger charge is -2.27. The third kappa shape index (κ3) is 3.98. The van der Waals surface area contributed by atoms with E-state index in [4.69, 9.17) is 11.6 Å². The van der Waals surface area contributed by atoms with Gasteiger partial charge in [0.2, 0.25) is 0 Å². The first kappa shape index (κ1) is 14.5. The van der Waals surface area contributed by atoms with Gasteiger partial charge in [-0.3, -0.25) is 9.58 Å². The minimum atomic E-state index is -0.696. The van der Waals surface area contributed by atoms with Gasteiger partial charge in [-0.1, -0.05) is 18.5 Å². The number of hydrogen-bond donors (Lipinski definition) is 1. The first-order valence-electron chi connectivity index (χ1n) is 5.87. The van der Waals surface area contributed by atoms with Crippen LogP contribution in [0.4, 0.5) is 0 Å². The first-order valence-corrected chi connectivity index (χ1v) is 6.25. The minimum absolute atomic E-state index is 0.619. The molecule has 17 heavy (non-hydrogen) atoms. The van der Waals surface area contributed by atoms with Crippen LogP contribution in [-0.4, -0.2) is 38.5 Å². The molecule has 1 aromatic rings. The molecule has 0 spiro atoms. The molecule has 0 aliphatic carbocycles. The standard InChI is InChI=1S/C12H22ClN3O/c1-6-16(8-12(3,4)17)7-10-9(2)14-15(5)11(10)13/h17H,6-8H2,1-5H3. The van der Waals surface area contributed by atoms with Gasteiger partial charge >= 0.3 is 0 Å². The van der Waals surface area contributed by atoms with Gasteiger partial charge in [0.05, 0.1) is 11.3 Å². The highest BCUT2D eigenvalue weighted by Gasteiger charge is 2.20. The summed E-state index contributed by atoms with van der Waals surface area (Å²) in [7, 11) is 1.84. The maximum atomic E-state index is 9.85. The Morgan fingerprint density at radius 1 is 1.47 bits per heavy atom. The van der Waals surface area contributed by atoms with E-state index in [0.29, 0.717) is 11.7 Å². The van der Waals surface area contributed by atoms with Gasteiger partial charge in [-0.05, 0) is 27.3 Å². The quantitative estimate of drug-likeness (QED) is 0.879. The lowest BCUT2D eigenvalue weighted by Crippen LogP contribution is -2.38. The van der Waals surface area contributed by atoms with Gasteiger partial charge in [0.1, 0.15) is 5.15 Å². The van der Waals surface area contributed by atoms with Crippen LogP contribution in [0.2, 0.25) is 5.15 Å². The van der Waals surface area contributed by atoms with Gasteiger partial charge in [-0.25, -0.2) is 0 Å². The third-order valence-electron chi connectivity index (χ3n) is 2.71. The molecule has 0 aliphatic heterocycles. The van der Waals surface area contributed by atoms with Crippen molar-refractivity contribution in [2.75, 3.05) is 13.1 Å². The summed E-state index contributed by atoms with van der Waals surface area (Å²) in [4.78, 5) is 2.16. The number of likely N-dealkylation sites (N-methyl/N-ethyl adjacent to an activating group) is 1. The first-order chi connectivity index (χ1) is 7.74. The van der Waals surface area contributed by atoms with E-state index in [1.807, 2.05) is 27.8 Å². The Morgan fingerprint density at radius 3 is 2.41 bits per heavy atom. The van der Waals surface area contributed by atoms with Crippen LogP contribution in [0.1, 0.15) is 32.0 Å². The maximum Gasteiger partial charge on any atom is 0.131 e. The zero-order chi connectivity index (χ0) is 13.2. The Bertz CT molecular complexity index is 382. The zero-order valence-electron chi connectivity index (χ0n) is 11.3. The number of nitrogens with zero attached hydrogens (tertiary/aromatic N) is 3. The Labute approximate surface area is 108 Å². The maximum absolute atomic E-state index is 9.85. The summed E-state index contributed by atoms with van der Waals surface area (Å²) in [6.45, 7) is 9.87. The smallest absolute Gasteiger partial charge is 0.131 e. The van der Waals surface area contributed by atoms with Gasteiger partial charge in [0, 0.05) is 25.7 Å². The number of hydrogen-bond acceptors (Lipinski definition) is 3. The summed E-state index contributed by atoms with van der Waals surface area (Å²) in [5, 5.41) is 14.8. The van der Waals surface area contributed by atoms with Crippen LogP contribution in [-0.2, 0) is 13.6 Å². The predicted octanol–water partition coefficient (Wildman–Crippen LogP) is 1.97. The Morgan fingerprint density at radius 2 is 2.06 bits per heavy atom. The molecule has 0 fully saturated rings.